The van der Waals surface area contributed by atoms with Gasteiger partial charge in [-0.05, 0) is 32.1 Å². The van der Waals surface area contributed by atoms with Crippen LogP contribution in [0.5, 0.6) is 0 Å². The summed E-state index contributed by atoms with van der Waals surface area (Å²) in [6, 6.07) is 0. The Labute approximate surface area is 127 Å². The van der Waals surface area contributed by atoms with Crippen molar-refractivity contribution in [3.63, 3.8) is 0 Å². The summed E-state index contributed by atoms with van der Waals surface area (Å²) in [4.78, 5) is 16.7. The summed E-state index contributed by atoms with van der Waals surface area (Å²) in [7, 11) is 2.17. The number of rotatable bonds is 7. The largest absolute Gasteiger partial charge is 0.373 e. The Morgan fingerprint density at radius 3 is 2.85 bits per heavy atom. The molecule has 0 N–H and O–H groups in total. The lowest BCUT2D eigenvalue weighted by molar-refractivity contribution is -0.142. The fourth-order valence-corrected chi connectivity index (χ4v) is 3.47. The molecule has 1 heterocycles. The van der Waals surface area contributed by atoms with Crippen LogP contribution in [0.15, 0.2) is 0 Å². The average Bonchev–Trinajstić information content (AvgIpc) is 3.22. The van der Waals surface area contributed by atoms with Gasteiger partial charge in [0.15, 0.2) is 0 Å². The number of nitrogens with zero attached hydrogens (tertiary/aromatic N) is 2. The average molecular weight is 300 g/mol. The Morgan fingerprint density at radius 2 is 2.20 bits per heavy atom. The SMILES string of the molecule is CSC[C@H](C)C(=O)N1CCO[C@H](CN(C)CC2CC2)C1. The van der Waals surface area contributed by atoms with Crippen molar-refractivity contribution >= 4 is 17.7 Å². The van der Waals surface area contributed by atoms with Crippen molar-refractivity contribution in [2.45, 2.75) is 25.9 Å². The summed E-state index contributed by atoms with van der Waals surface area (Å²) < 4.78 is 5.83. The van der Waals surface area contributed by atoms with Gasteiger partial charge in [-0.2, -0.15) is 11.8 Å². The zero-order valence-electron chi connectivity index (χ0n) is 13.0. The van der Waals surface area contributed by atoms with Gasteiger partial charge in [0.05, 0.1) is 12.7 Å². The van der Waals surface area contributed by atoms with E-state index in [1.165, 1.54) is 19.4 Å². The van der Waals surface area contributed by atoms with E-state index in [1.54, 1.807) is 11.8 Å². The molecule has 0 aromatic rings. The lowest BCUT2D eigenvalue weighted by Crippen LogP contribution is -2.50. The fraction of sp³-hybridized carbons (Fsp3) is 0.933. The molecule has 0 aromatic heterocycles. The predicted octanol–water partition coefficient (Wildman–Crippen LogP) is 1.55. The normalized spacial score (nSPS) is 25.0. The fourth-order valence-electron chi connectivity index (χ4n) is 2.83. The second-order valence-corrected chi connectivity index (χ2v) is 7.21. The van der Waals surface area contributed by atoms with E-state index in [4.69, 9.17) is 4.74 Å². The van der Waals surface area contributed by atoms with Gasteiger partial charge in [-0.3, -0.25) is 4.79 Å². The molecule has 116 valence electrons. The zero-order valence-corrected chi connectivity index (χ0v) is 13.8. The van der Waals surface area contributed by atoms with E-state index >= 15 is 0 Å². The molecule has 0 unspecified atom stereocenters. The summed E-state index contributed by atoms with van der Waals surface area (Å²) in [5, 5.41) is 0. The highest BCUT2D eigenvalue weighted by Gasteiger charge is 2.29. The molecular formula is C15H28N2O2S. The van der Waals surface area contributed by atoms with E-state index in [1.807, 2.05) is 11.8 Å². The zero-order chi connectivity index (χ0) is 14.5. The Kier molecular flexibility index (Phi) is 6.18. The third kappa shape index (κ3) is 4.93. The highest BCUT2D eigenvalue weighted by atomic mass is 32.2. The highest BCUT2D eigenvalue weighted by molar-refractivity contribution is 7.98. The number of hydrogen-bond acceptors (Lipinski definition) is 4. The number of amides is 1. The van der Waals surface area contributed by atoms with Crippen LogP contribution < -0.4 is 0 Å². The van der Waals surface area contributed by atoms with Gasteiger partial charge >= 0.3 is 0 Å². The Hall–Kier alpha value is -0.260. The van der Waals surface area contributed by atoms with Gasteiger partial charge in [0.1, 0.15) is 0 Å². The van der Waals surface area contributed by atoms with Gasteiger partial charge in [-0.25, -0.2) is 0 Å². The van der Waals surface area contributed by atoms with Crippen molar-refractivity contribution in [1.29, 1.82) is 0 Å². The smallest absolute Gasteiger partial charge is 0.226 e. The van der Waals surface area contributed by atoms with Crippen LogP contribution >= 0.6 is 11.8 Å². The van der Waals surface area contributed by atoms with Crippen molar-refractivity contribution < 1.29 is 9.53 Å². The van der Waals surface area contributed by atoms with Crippen LogP contribution in [0.1, 0.15) is 19.8 Å². The molecule has 4 nitrogen and oxygen atoms in total. The third-order valence-corrected chi connectivity index (χ3v) is 4.90. The number of thioether (sulfide) groups is 1. The van der Waals surface area contributed by atoms with Crippen LogP contribution in [0.4, 0.5) is 0 Å². The Bertz CT molecular complexity index is 323. The maximum Gasteiger partial charge on any atom is 0.226 e. The number of likely N-dealkylation sites (N-methyl/N-ethyl adjacent to an activating group) is 1. The summed E-state index contributed by atoms with van der Waals surface area (Å²) in [5.74, 6) is 2.22. The molecule has 1 amide bonds. The van der Waals surface area contributed by atoms with Crippen molar-refractivity contribution in [3.8, 4) is 0 Å². The second-order valence-electron chi connectivity index (χ2n) is 6.30. The molecule has 0 bridgehead atoms. The molecule has 2 aliphatic rings. The summed E-state index contributed by atoms with van der Waals surface area (Å²) in [6.07, 6.45) is 5.00. The molecule has 1 saturated heterocycles. The van der Waals surface area contributed by atoms with Crippen LogP contribution in [-0.4, -0.2) is 73.7 Å². The number of ether oxygens (including phenoxy) is 1. The van der Waals surface area contributed by atoms with E-state index < -0.39 is 0 Å². The van der Waals surface area contributed by atoms with Crippen LogP contribution in [0.2, 0.25) is 0 Å². The molecule has 2 rings (SSSR count). The first kappa shape index (κ1) is 16.1. The van der Waals surface area contributed by atoms with Gasteiger partial charge in [0, 0.05) is 37.8 Å². The van der Waals surface area contributed by atoms with Crippen molar-refractivity contribution in [3.05, 3.63) is 0 Å². The van der Waals surface area contributed by atoms with Gasteiger partial charge in [0.2, 0.25) is 5.91 Å². The lowest BCUT2D eigenvalue weighted by Gasteiger charge is -2.36. The van der Waals surface area contributed by atoms with Gasteiger partial charge in [0.25, 0.3) is 0 Å². The number of carbonyl (C=O) groups is 1. The summed E-state index contributed by atoms with van der Waals surface area (Å²) in [5.41, 5.74) is 0. The minimum absolute atomic E-state index is 0.118. The molecule has 2 atom stereocenters. The highest BCUT2D eigenvalue weighted by Crippen LogP contribution is 2.29. The third-order valence-electron chi connectivity index (χ3n) is 4.07. The molecule has 0 aromatic carbocycles. The first-order valence-electron chi connectivity index (χ1n) is 7.68. The van der Waals surface area contributed by atoms with Crippen LogP contribution in [0.25, 0.3) is 0 Å². The molecule has 1 aliphatic heterocycles. The summed E-state index contributed by atoms with van der Waals surface area (Å²) >= 11 is 1.74. The summed E-state index contributed by atoms with van der Waals surface area (Å²) in [6.45, 7) is 6.34. The van der Waals surface area contributed by atoms with E-state index in [-0.39, 0.29) is 17.9 Å². The van der Waals surface area contributed by atoms with Gasteiger partial charge < -0.3 is 14.5 Å². The molecule has 0 spiro atoms. The maximum absolute atomic E-state index is 12.4. The van der Waals surface area contributed by atoms with E-state index in [2.05, 4.69) is 18.2 Å². The standard InChI is InChI=1S/C15H28N2O2S/c1-12(11-20-3)15(18)17-6-7-19-14(10-17)9-16(2)8-13-4-5-13/h12-14H,4-11H2,1-3H3/t12-,14+/m0/s1. The first-order chi connectivity index (χ1) is 9.60. The molecule has 5 heteroatoms. The monoisotopic (exact) mass is 300 g/mol. The molecule has 0 radical (unpaired) electrons. The quantitative estimate of drug-likeness (QED) is 0.714. The number of morpholine rings is 1. The maximum atomic E-state index is 12.4. The predicted molar refractivity (Wildman–Crippen MR) is 84.1 cm³/mol. The number of carbonyl (C=O) groups excluding carboxylic acids is 1. The molecule has 1 aliphatic carbocycles. The lowest BCUT2D eigenvalue weighted by atomic mass is 10.1. The van der Waals surface area contributed by atoms with Crippen LogP contribution in [-0.2, 0) is 9.53 Å². The Balaban J connectivity index is 1.76. The number of hydrogen-bond donors (Lipinski definition) is 0. The van der Waals surface area contributed by atoms with E-state index in [9.17, 15) is 4.79 Å². The molecule has 2 fully saturated rings. The molecule has 1 saturated carbocycles. The minimum Gasteiger partial charge on any atom is -0.373 e. The minimum atomic E-state index is 0.118. The van der Waals surface area contributed by atoms with Crippen molar-refractivity contribution in [2.75, 3.05) is 51.8 Å². The van der Waals surface area contributed by atoms with Gasteiger partial charge in [-0.1, -0.05) is 6.92 Å². The topological polar surface area (TPSA) is 32.8 Å². The van der Waals surface area contributed by atoms with E-state index in [0.29, 0.717) is 6.61 Å². The van der Waals surface area contributed by atoms with E-state index in [0.717, 1.165) is 31.3 Å². The first-order valence-corrected chi connectivity index (χ1v) is 9.07. The molecule has 20 heavy (non-hydrogen) atoms. The van der Waals surface area contributed by atoms with Crippen molar-refractivity contribution in [1.82, 2.24) is 9.80 Å². The van der Waals surface area contributed by atoms with Crippen LogP contribution in [0, 0.1) is 11.8 Å². The van der Waals surface area contributed by atoms with Gasteiger partial charge in [-0.15, -0.1) is 0 Å². The van der Waals surface area contributed by atoms with Crippen molar-refractivity contribution in [2.24, 2.45) is 11.8 Å². The van der Waals surface area contributed by atoms with Crippen LogP contribution in [0.3, 0.4) is 0 Å². The second kappa shape index (κ2) is 7.66. The molecular weight excluding hydrogens is 272 g/mol. The Morgan fingerprint density at radius 1 is 1.45 bits per heavy atom.